The molecular formula is C26H51NO5. The Morgan fingerprint density at radius 1 is 0.719 bits per heavy atom. The minimum atomic E-state index is -0.361. The molecule has 0 saturated heterocycles. The average molecular weight is 458 g/mol. The van der Waals surface area contributed by atoms with Crippen molar-refractivity contribution in [1.82, 2.24) is 4.90 Å². The highest BCUT2D eigenvalue weighted by atomic mass is 16.5. The van der Waals surface area contributed by atoms with E-state index in [1.165, 1.54) is 69.1 Å². The quantitative estimate of drug-likeness (QED) is 0.117. The second kappa shape index (κ2) is 27.8. The standard InChI is InChI=1S/C17H31NO4.C9H20O/c1-3-5-6-7-8-9-13-22-17(21)15-18(11-12-19)14-16(20)10-4-2;1-3-4-5-6-7-8-9-10-2/h12H,3-11,13-15H2,1-2H3;3-9H2,1-2H3. The SMILES string of the molecule is CCCCCCCCOC.CCCCCCCCOC(=O)CN(CC=O)CC(=O)CCC. The molecule has 0 bridgehead atoms. The molecular weight excluding hydrogens is 406 g/mol. The van der Waals surface area contributed by atoms with Crippen molar-refractivity contribution in [1.29, 1.82) is 0 Å². The molecule has 0 radical (unpaired) electrons. The lowest BCUT2D eigenvalue weighted by atomic mass is 10.1. The molecule has 190 valence electrons. The fourth-order valence-corrected chi connectivity index (χ4v) is 3.22. The van der Waals surface area contributed by atoms with Gasteiger partial charge in [-0.15, -0.1) is 0 Å². The number of hydrogen-bond acceptors (Lipinski definition) is 6. The molecule has 0 aromatic rings. The van der Waals surface area contributed by atoms with Crippen LogP contribution in [0.2, 0.25) is 0 Å². The number of ether oxygens (including phenoxy) is 2. The van der Waals surface area contributed by atoms with Crippen LogP contribution in [0.5, 0.6) is 0 Å². The molecule has 0 spiro atoms. The zero-order valence-corrected chi connectivity index (χ0v) is 21.5. The van der Waals surface area contributed by atoms with E-state index in [0.717, 1.165) is 25.9 Å². The summed E-state index contributed by atoms with van der Waals surface area (Å²) in [5, 5.41) is 0. The van der Waals surface area contributed by atoms with Crippen LogP contribution in [0.1, 0.15) is 111 Å². The van der Waals surface area contributed by atoms with Gasteiger partial charge in [-0.3, -0.25) is 14.5 Å². The largest absolute Gasteiger partial charge is 0.465 e. The van der Waals surface area contributed by atoms with Gasteiger partial charge in [-0.25, -0.2) is 0 Å². The van der Waals surface area contributed by atoms with Crippen LogP contribution in [-0.2, 0) is 23.9 Å². The summed E-state index contributed by atoms with van der Waals surface area (Å²) in [6, 6.07) is 0. The van der Waals surface area contributed by atoms with E-state index >= 15 is 0 Å². The van der Waals surface area contributed by atoms with Gasteiger partial charge in [-0.1, -0.05) is 85.0 Å². The van der Waals surface area contributed by atoms with E-state index in [9.17, 15) is 14.4 Å². The Morgan fingerprint density at radius 3 is 1.75 bits per heavy atom. The van der Waals surface area contributed by atoms with Gasteiger partial charge in [0.1, 0.15) is 12.1 Å². The second-order valence-electron chi connectivity index (χ2n) is 8.37. The Balaban J connectivity index is 0. The van der Waals surface area contributed by atoms with Crippen molar-refractivity contribution in [3.8, 4) is 0 Å². The molecule has 0 aliphatic heterocycles. The lowest BCUT2D eigenvalue weighted by Gasteiger charge is -2.17. The van der Waals surface area contributed by atoms with Crippen molar-refractivity contribution in [3.05, 3.63) is 0 Å². The van der Waals surface area contributed by atoms with Crippen molar-refractivity contribution >= 4 is 18.0 Å². The van der Waals surface area contributed by atoms with E-state index in [-0.39, 0.29) is 31.4 Å². The van der Waals surface area contributed by atoms with E-state index in [2.05, 4.69) is 13.8 Å². The van der Waals surface area contributed by atoms with Crippen molar-refractivity contribution < 1.29 is 23.9 Å². The third kappa shape index (κ3) is 26.8. The molecule has 0 amide bonds. The molecule has 0 unspecified atom stereocenters. The predicted octanol–water partition coefficient (Wildman–Crippen LogP) is 5.75. The highest BCUT2D eigenvalue weighted by Gasteiger charge is 2.14. The first-order chi connectivity index (χ1) is 15.5. The molecule has 0 N–H and O–H groups in total. The number of nitrogens with zero attached hydrogens (tertiary/aromatic N) is 1. The van der Waals surface area contributed by atoms with Gasteiger partial charge >= 0.3 is 5.97 Å². The van der Waals surface area contributed by atoms with Crippen LogP contribution >= 0.6 is 0 Å². The summed E-state index contributed by atoms with van der Waals surface area (Å²) in [7, 11) is 1.77. The lowest BCUT2D eigenvalue weighted by molar-refractivity contribution is -0.145. The van der Waals surface area contributed by atoms with Crippen LogP contribution in [0.25, 0.3) is 0 Å². The number of methoxy groups -OCH3 is 1. The molecule has 0 atom stereocenters. The van der Waals surface area contributed by atoms with Gasteiger partial charge in [0.05, 0.1) is 26.2 Å². The Kier molecular flexibility index (Phi) is 28.6. The first-order valence-corrected chi connectivity index (χ1v) is 12.9. The molecule has 6 heteroatoms. The third-order valence-electron chi connectivity index (χ3n) is 5.08. The van der Waals surface area contributed by atoms with Crippen LogP contribution in [-0.4, -0.2) is 62.9 Å². The molecule has 0 aliphatic rings. The summed E-state index contributed by atoms with van der Waals surface area (Å²) >= 11 is 0. The van der Waals surface area contributed by atoms with Gasteiger partial charge in [0.15, 0.2) is 0 Å². The molecule has 0 rings (SSSR count). The van der Waals surface area contributed by atoms with Crippen molar-refractivity contribution in [2.75, 3.05) is 40.0 Å². The van der Waals surface area contributed by atoms with Gasteiger partial charge in [0.25, 0.3) is 0 Å². The number of aldehydes is 1. The topological polar surface area (TPSA) is 72.9 Å². The number of Topliss-reactive ketones (excluding diaryl/α,β-unsaturated/α-hetero) is 1. The van der Waals surface area contributed by atoms with Gasteiger partial charge in [-0.2, -0.15) is 0 Å². The van der Waals surface area contributed by atoms with Crippen LogP contribution in [0.15, 0.2) is 0 Å². The number of esters is 1. The maximum atomic E-state index is 11.7. The van der Waals surface area contributed by atoms with Crippen LogP contribution in [0.3, 0.4) is 0 Å². The first-order valence-electron chi connectivity index (χ1n) is 12.9. The van der Waals surface area contributed by atoms with E-state index in [1.54, 1.807) is 7.11 Å². The molecule has 0 fully saturated rings. The molecule has 0 aromatic heterocycles. The number of unbranched alkanes of at least 4 members (excludes halogenated alkanes) is 10. The Morgan fingerprint density at radius 2 is 1.25 bits per heavy atom. The summed E-state index contributed by atoms with van der Waals surface area (Å²) in [5.41, 5.74) is 0. The minimum Gasteiger partial charge on any atom is -0.465 e. The monoisotopic (exact) mass is 457 g/mol. The van der Waals surface area contributed by atoms with Crippen molar-refractivity contribution in [2.45, 2.75) is 111 Å². The summed E-state index contributed by atoms with van der Waals surface area (Å²) in [6.45, 7) is 7.93. The number of hydrogen-bond donors (Lipinski definition) is 0. The van der Waals surface area contributed by atoms with E-state index in [4.69, 9.17) is 9.47 Å². The van der Waals surface area contributed by atoms with E-state index < -0.39 is 0 Å². The average Bonchev–Trinajstić information content (AvgIpc) is 2.76. The van der Waals surface area contributed by atoms with Gasteiger partial charge in [-0.05, 0) is 19.3 Å². The normalized spacial score (nSPS) is 10.5. The van der Waals surface area contributed by atoms with Gasteiger partial charge in [0.2, 0.25) is 0 Å². The van der Waals surface area contributed by atoms with Crippen LogP contribution in [0, 0.1) is 0 Å². The Bertz CT molecular complexity index is 420. The molecule has 0 aromatic carbocycles. The zero-order valence-electron chi connectivity index (χ0n) is 21.5. The summed E-state index contributed by atoms with van der Waals surface area (Å²) in [4.78, 5) is 35.5. The minimum absolute atomic E-state index is 0.00400. The smallest absolute Gasteiger partial charge is 0.320 e. The highest BCUT2D eigenvalue weighted by molar-refractivity contribution is 5.81. The molecule has 0 heterocycles. The fourth-order valence-electron chi connectivity index (χ4n) is 3.22. The molecule has 32 heavy (non-hydrogen) atoms. The lowest BCUT2D eigenvalue weighted by Crippen LogP contribution is -2.36. The fraction of sp³-hybridized carbons (Fsp3) is 0.885. The number of carbonyl (C=O) groups is 3. The maximum absolute atomic E-state index is 11.7. The number of rotatable bonds is 22. The zero-order chi connectivity index (χ0) is 24.3. The molecule has 0 aliphatic carbocycles. The highest BCUT2D eigenvalue weighted by Crippen LogP contribution is 2.05. The number of ketones is 1. The maximum Gasteiger partial charge on any atom is 0.320 e. The van der Waals surface area contributed by atoms with Gasteiger partial charge < -0.3 is 14.3 Å². The van der Waals surface area contributed by atoms with Crippen molar-refractivity contribution in [2.24, 2.45) is 0 Å². The molecule has 6 nitrogen and oxygen atoms in total. The molecule has 0 saturated carbocycles. The van der Waals surface area contributed by atoms with Crippen molar-refractivity contribution in [3.63, 3.8) is 0 Å². The van der Waals surface area contributed by atoms with Gasteiger partial charge in [0, 0.05) is 20.1 Å². The summed E-state index contributed by atoms with van der Waals surface area (Å²) in [6.07, 6.45) is 16.9. The Hall–Kier alpha value is -1.27. The van der Waals surface area contributed by atoms with E-state index in [1.807, 2.05) is 6.92 Å². The third-order valence-corrected chi connectivity index (χ3v) is 5.08. The second-order valence-corrected chi connectivity index (χ2v) is 8.37. The van der Waals surface area contributed by atoms with E-state index in [0.29, 0.717) is 19.3 Å². The Labute approximate surface area is 197 Å². The number of carbonyl (C=O) groups excluding carboxylic acids is 3. The summed E-state index contributed by atoms with van der Waals surface area (Å²) in [5.74, 6) is -0.312. The summed E-state index contributed by atoms with van der Waals surface area (Å²) < 4.78 is 10.1. The first kappa shape index (κ1) is 32.9. The predicted molar refractivity (Wildman–Crippen MR) is 132 cm³/mol. The van der Waals surface area contributed by atoms with Crippen LogP contribution in [0.4, 0.5) is 0 Å². The van der Waals surface area contributed by atoms with Crippen LogP contribution < -0.4 is 0 Å².